The third-order valence-corrected chi connectivity index (χ3v) is 1.11. The van der Waals surface area contributed by atoms with Gasteiger partial charge >= 0.3 is 6.55 Å². The van der Waals surface area contributed by atoms with E-state index in [0.717, 1.165) is 12.1 Å². The topological polar surface area (TPSA) is 22.0 Å². The lowest BCUT2D eigenvalue weighted by Gasteiger charge is -2.01. The summed E-state index contributed by atoms with van der Waals surface area (Å²) in [5.74, 6) is -0.857. The molecule has 0 fully saturated rings. The Morgan fingerprint density at radius 3 is 2.45 bits per heavy atom. The summed E-state index contributed by atoms with van der Waals surface area (Å²) in [7, 11) is 0. The number of alkyl halides is 2. The first-order valence-corrected chi connectivity index (χ1v) is 2.77. The molecule has 1 heterocycles. The molecule has 0 bridgehead atoms. The number of rotatable bonds is 1. The van der Waals surface area contributed by atoms with Crippen LogP contribution in [0.2, 0.25) is 0 Å². The van der Waals surface area contributed by atoms with E-state index in [1.807, 2.05) is 0 Å². The SMILES string of the molecule is O=c1ccc(F)cn1C(F)F. The standard InChI is InChI=1S/C6H4F3NO/c7-4-1-2-5(11)10(3-4)6(8)9/h1-3,6H. The maximum absolute atomic E-state index is 12.2. The molecule has 2 nitrogen and oxygen atoms in total. The second-order valence-corrected chi connectivity index (χ2v) is 1.87. The molecule has 60 valence electrons. The van der Waals surface area contributed by atoms with Gasteiger partial charge in [0, 0.05) is 12.3 Å². The molecule has 11 heavy (non-hydrogen) atoms. The van der Waals surface area contributed by atoms with Crippen LogP contribution < -0.4 is 5.56 Å². The maximum Gasteiger partial charge on any atom is 0.321 e. The third-order valence-electron chi connectivity index (χ3n) is 1.11. The Kier molecular flexibility index (Phi) is 1.98. The van der Waals surface area contributed by atoms with Crippen molar-refractivity contribution in [1.29, 1.82) is 0 Å². The zero-order chi connectivity index (χ0) is 8.43. The Bertz CT molecular complexity index is 307. The first kappa shape index (κ1) is 7.84. The van der Waals surface area contributed by atoms with Crippen molar-refractivity contribution < 1.29 is 13.2 Å². The van der Waals surface area contributed by atoms with Gasteiger partial charge in [0.15, 0.2) is 0 Å². The third kappa shape index (κ3) is 1.60. The van der Waals surface area contributed by atoms with Gasteiger partial charge in [0.05, 0.1) is 0 Å². The van der Waals surface area contributed by atoms with Crippen molar-refractivity contribution in [2.45, 2.75) is 6.55 Å². The summed E-state index contributed by atoms with van der Waals surface area (Å²) in [5, 5.41) is 0. The maximum atomic E-state index is 12.2. The van der Waals surface area contributed by atoms with Gasteiger partial charge in [-0.25, -0.2) is 4.39 Å². The van der Waals surface area contributed by atoms with Crippen LogP contribution in [0.3, 0.4) is 0 Å². The van der Waals surface area contributed by atoms with Crippen molar-refractivity contribution in [2.75, 3.05) is 0 Å². The van der Waals surface area contributed by atoms with Crippen molar-refractivity contribution >= 4 is 0 Å². The Morgan fingerprint density at radius 1 is 1.36 bits per heavy atom. The molecule has 0 saturated carbocycles. The molecule has 0 atom stereocenters. The summed E-state index contributed by atoms with van der Waals surface area (Å²) in [5.41, 5.74) is -0.915. The molecule has 5 heteroatoms. The predicted octanol–water partition coefficient (Wildman–Crippen LogP) is 1.38. The number of aromatic nitrogens is 1. The lowest BCUT2D eigenvalue weighted by Crippen LogP contribution is -2.19. The van der Waals surface area contributed by atoms with Crippen LogP contribution in [0.25, 0.3) is 0 Å². The molecule has 1 aromatic heterocycles. The quantitative estimate of drug-likeness (QED) is 0.613. The van der Waals surface area contributed by atoms with Crippen LogP contribution in [0.4, 0.5) is 13.2 Å². The van der Waals surface area contributed by atoms with Gasteiger partial charge in [0.2, 0.25) is 0 Å². The summed E-state index contributed by atoms with van der Waals surface area (Å²) in [6.45, 7) is -2.99. The largest absolute Gasteiger partial charge is 0.321 e. The number of halogens is 3. The second kappa shape index (κ2) is 2.77. The van der Waals surface area contributed by atoms with E-state index in [9.17, 15) is 18.0 Å². The van der Waals surface area contributed by atoms with E-state index in [1.165, 1.54) is 0 Å². The summed E-state index contributed by atoms with van der Waals surface area (Å²) in [6, 6.07) is 1.59. The molecule has 0 saturated heterocycles. The smallest absolute Gasteiger partial charge is 0.269 e. The highest BCUT2D eigenvalue weighted by Gasteiger charge is 2.07. The highest BCUT2D eigenvalue weighted by Crippen LogP contribution is 2.05. The minimum atomic E-state index is -2.99. The van der Waals surface area contributed by atoms with Crippen molar-refractivity contribution in [2.24, 2.45) is 0 Å². The molecule has 0 aromatic carbocycles. The van der Waals surface area contributed by atoms with E-state index in [2.05, 4.69) is 0 Å². The zero-order valence-electron chi connectivity index (χ0n) is 5.30. The Morgan fingerprint density at radius 2 is 2.00 bits per heavy atom. The van der Waals surface area contributed by atoms with Crippen molar-refractivity contribution in [1.82, 2.24) is 4.57 Å². The molecule has 1 rings (SSSR count). The van der Waals surface area contributed by atoms with Gasteiger partial charge in [-0.3, -0.25) is 9.36 Å². The van der Waals surface area contributed by atoms with Crippen LogP contribution >= 0.6 is 0 Å². The number of hydrogen-bond donors (Lipinski definition) is 0. The van der Waals surface area contributed by atoms with E-state index in [-0.39, 0.29) is 4.57 Å². The van der Waals surface area contributed by atoms with E-state index in [0.29, 0.717) is 6.20 Å². The molecule has 0 aliphatic heterocycles. The van der Waals surface area contributed by atoms with E-state index in [4.69, 9.17) is 0 Å². The van der Waals surface area contributed by atoms with Gasteiger partial charge < -0.3 is 0 Å². The Balaban J connectivity index is 3.24. The highest BCUT2D eigenvalue weighted by molar-refractivity contribution is 4.96. The minimum absolute atomic E-state index is 0.0231. The van der Waals surface area contributed by atoms with Gasteiger partial charge in [-0.15, -0.1) is 0 Å². The van der Waals surface area contributed by atoms with Crippen LogP contribution in [-0.2, 0) is 0 Å². The molecule has 0 amide bonds. The highest BCUT2D eigenvalue weighted by atomic mass is 19.3. The molecule has 0 aliphatic rings. The molecule has 0 radical (unpaired) electrons. The lowest BCUT2D eigenvalue weighted by atomic mass is 10.5. The first-order valence-electron chi connectivity index (χ1n) is 2.77. The van der Waals surface area contributed by atoms with Crippen LogP contribution in [-0.4, -0.2) is 4.57 Å². The van der Waals surface area contributed by atoms with E-state index >= 15 is 0 Å². The fourth-order valence-corrected chi connectivity index (χ4v) is 0.629. The molecule has 0 aliphatic carbocycles. The van der Waals surface area contributed by atoms with Gasteiger partial charge in [-0.05, 0) is 6.07 Å². The van der Waals surface area contributed by atoms with Gasteiger partial charge in [-0.1, -0.05) is 0 Å². The van der Waals surface area contributed by atoms with Crippen LogP contribution in [0.15, 0.2) is 23.1 Å². The molecule has 0 N–H and O–H groups in total. The van der Waals surface area contributed by atoms with E-state index < -0.39 is 17.9 Å². The summed E-state index contributed by atoms with van der Waals surface area (Å²) >= 11 is 0. The van der Waals surface area contributed by atoms with Crippen molar-refractivity contribution in [3.05, 3.63) is 34.5 Å². The van der Waals surface area contributed by atoms with Crippen molar-refractivity contribution in [3.63, 3.8) is 0 Å². The van der Waals surface area contributed by atoms with Gasteiger partial charge in [-0.2, -0.15) is 8.78 Å². The number of pyridine rings is 1. The lowest BCUT2D eigenvalue weighted by molar-refractivity contribution is 0.0652. The average Bonchev–Trinajstić information content (AvgIpc) is 1.94. The fourth-order valence-electron chi connectivity index (χ4n) is 0.629. The molecule has 0 spiro atoms. The zero-order valence-corrected chi connectivity index (χ0v) is 5.30. The number of hydrogen-bond acceptors (Lipinski definition) is 1. The fraction of sp³-hybridized carbons (Fsp3) is 0.167. The van der Waals surface area contributed by atoms with Crippen LogP contribution in [0.1, 0.15) is 6.55 Å². The normalized spacial score (nSPS) is 10.5. The molecular weight excluding hydrogens is 159 g/mol. The Labute approximate surface area is 59.9 Å². The van der Waals surface area contributed by atoms with Crippen LogP contribution in [0.5, 0.6) is 0 Å². The van der Waals surface area contributed by atoms with Gasteiger partial charge in [0.25, 0.3) is 5.56 Å². The molecule has 0 unspecified atom stereocenters. The Hall–Kier alpha value is -1.26. The predicted molar refractivity (Wildman–Crippen MR) is 31.9 cm³/mol. The van der Waals surface area contributed by atoms with Crippen molar-refractivity contribution in [3.8, 4) is 0 Å². The van der Waals surface area contributed by atoms with Gasteiger partial charge in [0.1, 0.15) is 5.82 Å². The minimum Gasteiger partial charge on any atom is -0.269 e. The number of nitrogens with zero attached hydrogens (tertiary/aromatic N) is 1. The average molecular weight is 163 g/mol. The summed E-state index contributed by atoms with van der Waals surface area (Å²) in [4.78, 5) is 10.5. The van der Waals surface area contributed by atoms with E-state index in [1.54, 1.807) is 0 Å². The summed E-state index contributed by atoms with van der Waals surface area (Å²) in [6.07, 6.45) is 0.465. The van der Waals surface area contributed by atoms with Crippen LogP contribution in [0, 0.1) is 5.82 Å². The molecular formula is C6H4F3NO. The summed E-state index contributed by atoms with van der Waals surface area (Å²) < 4.78 is 35.8. The first-order chi connectivity index (χ1) is 5.11. The monoisotopic (exact) mass is 163 g/mol. The molecule has 1 aromatic rings. The second-order valence-electron chi connectivity index (χ2n) is 1.87.